The summed E-state index contributed by atoms with van der Waals surface area (Å²) < 4.78 is 0. The van der Waals surface area contributed by atoms with E-state index in [2.05, 4.69) is 15.3 Å². The van der Waals surface area contributed by atoms with Crippen LogP contribution in [0.25, 0.3) is 0 Å². The highest BCUT2D eigenvalue weighted by molar-refractivity contribution is 7.99. The molecule has 0 radical (unpaired) electrons. The van der Waals surface area contributed by atoms with E-state index in [0.717, 1.165) is 4.90 Å². The molecule has 0 atom stereocenters. The van der Waals surface area contributed by atoms with E-state index >= 15 is 0 Å². The zero-order chi connectivity index (χ0) is 17.1. The summed E-state index contributed by atoms with van der Waals surface area (Å²) >= 11 is 19.3. The van der Waals surface area contributed by atoms with E-state index in [-0.39, 0.29) is 0 Å². The van der Waals surface area contributed by atoms with Crippen LogP contribution in [0.5, 0.6) is 0 Å². The van der Waals surface area contributed by atoms with Gasteiger partial charge in [0.1, 0.15) is 17.0 Å². The van der Waals surface area contributed by atoms with Crippen molar-refractivity contribution in [2.75, 3.05) is 11.1 Å². The molecule has 4 nitrogen and oxygen atoms in total. The SMILES string of the molecule is Nc1c(Nc2cc(Cl)cc(Cl)c2)ncnc1Sc1ccc(Cl)cc1. The number of rotatable bonds is 4. The van der Waals surface area contributed by atoms with Crippen LogP contribution in [-0.2, 0) is 0 Å². The molecule has 0 fully saturated rings. The summed E-state index contributed by atoms with van der Waals surface area (Å²) in [5, 5.41) is 5.47. The Balaban J connectivity index is 1.86. The van der Waals surface area contributed by atoms with Gasteiger partial charge in [0.2, 0.25) is 0 Å². The molecule has 0 bridgehead atoms. The maximum atomic E-state index is 6.18. The van der Waals surface area contributed by atoms with E-state index in [9.17, 15) is 0 Å². The fourth-order valence-corrected chi connectivity index (χ4v) is 3.39. The molecule has 0 unspecified atom stereocenters. The van der Waals surface area contributed by atoms with E-state index in [4.69, 9.17) is 40.5 Å². The van der Waals surface area contributed by atoms with E-state index in [1.807, 2.05) is 24.3 Å². The van der Waals surface area contributed by atoms with Gasteiger partial charge in [-0.15, -0.1) is 0 Å². The second-order valence-electron chi connectivity index (χ2n) is 4.78. The highest BCUT2D eigenvalue weighted by Crippen LogP contribution is 2.35. The van der Waals surface area contributed by atoms with Crippen molar-refractivity contribution in [3.05, 3.63) is 63.9 Å². The third-order valence-electron chi connectivity index (χ3n) is 3.00. The van der Waals surface area contributed by atoms with E-state index in [1.165, 1.54) is 18.1 Å². The molecule has 24 heavy (non-hydrogen) atoms. The minimum Gasteiger partial charge on any atom is -0.394 e. The lowest BCUT2D eigenvalue weighted by Crippen LogP contribution is -2.02. The normalized spacial score (nSPS) is 10.6. The quantitative estimate of drug-likeness (QED) is 0.535. The third kappa shape index (κ3) is 4.24. The van der Waals surface area contributed by atoms with Gasteiger partial charge in [0.25, 0.3) is 0 Å². The molecule has 0 saturated carbocycles. The van der Waals surface area contributed by atoms with Crippen LogP contribution in [0.15, 0.2) is 58.7 Å². The summed E-state index contributed by atoms with van der Waals surface area (Å²) in [5.74, 6) is 0.486. The fourth-order valence-electron chi connectivity index (χ4n) is 1.94. The Bertz CT molecular complexity index is 851. The summed E-state index contributed by atoms with van der Waals surface area (Å²) in [6.45, 7) is 0. The Kier molecular flexibility index (Phi) is 5.36. The van der Waals surface area contributed by atoms with Gasteiger partial charge in [-0.3, -0.25) is 0 Å². The zero-order valence-corrected chi connectivity index (χ0v) is 15.2. The fraction of sp³-hybridized carbons (Fsp3) is 0. The molecule has 3 N–H and O–H groups in total. The predicted molar refractivity (Wildman–Crippen MR) is 102 cm³/mol. The molecule has 0 aliphatic rings. The molecule has 2 aromatic carbocycles. The standard InChI is InChI=1S/C16H11Cl3N4S/c17-9-1-3-13(4-2-9)24-16-14(20)15(21-8-22-16)23-12-6-10(18)5-11(19)7-12/h1-8H,20H2,(H,21,22,23). The van der Waals surface area contributed by atoms with Crippen molar-refractivity contribution < 1.29 is 0 Å². The second kappa shape index (κ2) is 7.49. The van der Waals surface area contributed by atoms with E-state index in [1.54, 1.807) is 18.2 Å². The Hall–Kier alpha value is -1.66. The first-order chi connectivity index (χ1) is 11.5. The first-order valence-electron chi connectivity index (χ1n) is 6.78. The third-order valence-corrected chi connectivity index (χ3v) is 4.72. The maximum absolute atomic E-state index is 6.18. The van der Waals surface area contributed by atoms with E-state index < -0.39 is 0 Å². The topological polar surface area (TPSA) is 63.8 Å². The number of halogens is 3. The Morgan fingerprint density at radius 1 is 0.875 bits per heavy atom. The molecule has 0 spiro atoms. The van der Waals surface area contributed by atoms with Gasteiger partial charge in [-0.2, -0.15) is 0 Å². The van der Waals surface area contributed by atoms with Crippen molar-refractivity contribution in [2.45, 2.75) is 9.92 Å². The van der Waals surface area contributed by atoms with Crippen LogP contribution in [0, 0.1) is 0 Å². The molecule has 122 valence electrons. The first-order valence-corrected chi connectivity index (χ1v) is 8.73. The van der Waals surface area contributed by atoms with Gasteiger partial charge in [-0.25, -0.2) is 9.97 Å². The Morgan fingerprint density at radius 3 is 2.21 bits per heavy atom. The predicted octanol–water partition coefficient (Wildman–Crippen LogP) is 5.91. The van der Waals surface area contributed by atoms with Crippen LogP contribution in [0.4, 0.5) is 17.2 Å². The van der Waals surface area contributed by atoms with Crippen LogP contribution in [-0.4, -0.2) is 9.97 Å². The average Bonchev–Trinajstić information content (AvgIpc) is 2.52. The number of benzene rings is 2. The van der Waals surface area contributed by atoms with Gasteiger partial charge in [0, 0.05) is 25.7 Å². The summed E-state index contributed by atoms with van der Waals surface area (Å²) in [6, 6.07) is 12.6. The van der Waals surface area contributed by atoms with Gasteiger partial charge in [-0.1, -0.05) is 46.6 Å². The zero-order valence-electron chi connectivity index (χ0n) is 12.1. The number of aromatic nitrogens is 2. The molecule has 0 aliphatic carbocycles. The minimum absolute atomic E-state index is 0.438. The van der Waals surface area contributed by atoms with E-state index in [0.29, 0.717) is 37.3 Å². The lowest BCUT2D eigenvalue weighted by molar-refractivity contribution is 1.06. The van der Waals surface area contributed by atoms with Crippen molar-refractivity contribution in [1.29, 1.82) is 0 Å². The van der Waals surface area contributed by atoms with Gasteiger partial charge < -0.3 is 11.1 Å². The van der Waals surface area contributed by atoms with Crippen LogP contribution >= 0.6 is 46.6 Å². The number of nitrogens with zero attached hydrogens (tertiary/aromatic N) is 2. The largest absolute Gasteiger partial charge is 0.394 e. The van der Waals surface area contributed by atoms with Crippen LogP contribution in [0.2, 0.25) is 15.1 Å². The smallest absolute Gasteiger partial charge is 0.158 e. The molecule has 0 saturated heterocycles. The molecule has 0 aliphatic heterocycles. The Morgan fingerprint density at radius 2 is 1.54 bits per heavy atom. The number of nitrogens with two attached hydrogens (primary N) is 1. The lowest BCUT2D eigenvalue weighted by atomic mass is 10.3. The number of anilines is 3. The van der Waals surface area contributed by atoms with Crippen molar-refractivity contribution in [3.63, 3.8) is 0 Å². The minimum atomic E-state index is 0.438. The highest BCUT2D eigenvalue weighted by atomic mass is 35.5. The molecule has 8 heteroatoms. The summed E-state index contributed by atoms with van der Waals surface area (Å²) in [7, 11) is 0. The van der Waals surface area contributed by atoms with Gasteiger partial charge >= 0.3 is 0 Å². The second-order valence-corrected chi connectivity index (χ2v) is 7.15. The summed E-state index contributed by atoms with van der Waals surface area (Å²) in [6.07, 6.45) is 1.45. The van der Waals surface area contributed by atoms with Crippen LogP contribution in [0.3, 0.4) is 0 Å². The summed E-state index contributed by atoms with van der Waals surface area (Å²) in [5.41, 5.74) is 7.32. The molecular weight excluding hydrogens is 387 g/mol. The highest BCUT2D eigenvalue weighted by Gasteiger charge is 2.10. The summed E-state index contributed by atoms with van der Waals surface area (Å²) in [4.78, 5) is 9.39. The van der Waals surface area contributed by atoms with Crippen molar-refractivity contribution >= 4 is 63.8 Å². The van der Waals surface area contributed by atoms with Gasteiger partial charge in [0.05, 0.1) is 0 Å². The number of nitrogens with one attached hydrogen (secondary N) is 1. The Labute approximate surface area is 158 Å². The van der Waals surface area contributed by atoms with Crippen molar-refractivity contribution in [3.8, 4) is 0 Å². The lowest BCUT2D eigenvalue weighted by Gasteiger charge is -2.11. The van der Waals surface area contributed by atoms with Crippen LogP contribution < -0.4 is 11.1 Å². The molecule has 1 aromatic heterocycles. The van der Waals surface area contributed by atoms with Gasteiger partial charge in [-0.05, 0) is 42.5 Å². The number of hydrogen-bond donors (Lipinski definition) is 2. The molecule has 3 aromatic rings. The average molecular weight is 398 g/mol. The molecule has 3 rings (SSSR count). The molecule has 0 amide bonds. The number of nitrogen functional groups attached to an aromatic ring is 1. The first kappa shape index (κ1) is 17.2. The van der Waals surface area contributed by atoms with Crippen molar-refractivity contribution in [2.24, 2.45) is 0 Å². The molecule has 1 heterocycles. The van der Waals surface area contributed by atoms with Crippen molar-refractivity contribution in [1.82, 2.24) is 9.97 Å². The number of hydrogen-bond acceptors (Lipinski definition) is 5. The van der Waals surface area contributed by atoms with Crippen LogP contribution in [0.1, 0.15) is 0 Å². The monoisotopic (exact) mass is 396 g/mol. The molecular formula is C16H11Cl3N4S. The van der Waals surface area contributed by atoms with Gasteiger partial charge in [0.15, 0.2) is 5.82 Å². The maximum Gasteiger partial charge on any atom is 0.158 e.